The molecule has 2 heterocycles. The molecule has 1 atom stereocenters. The number of hydrogen-bond acceptors (Lipinski definition) is 3. The quantitative estimate of drug-likeness (QED) is 0.810. The lowest BCUT2D eigenvalue weighted by Gasteiger charge is -2.46. The molecule has 18 heavy (non-hydrogen) atoms. The Morgan fingerprint density at radius 2 is 2.06 bits per heavy atom. The van der Waals surface area contributed by atoms with Crippen LogP contribution in [0.3, 0.4) is 0 Å². The Balaban J connectivity index is 2.04. The number of hydrogen-bond donors (Lipinski definition) is 1. The smallest absolute Gasteiger partial charge is 0.254 e. The molecule has 1 N–H and O–H groups in total. The summed E-state index contributed by atoms with van der Waals surface area (Å²) >= 11 is 0. The van der Waals surface area contributed by atoms with Gasteiger partial charge in [0, 0.05) is 32.2 Å². The van der Waals surface area contributed by atoms with Crippen molar-refractivity contribution in [2.75, 3.05) is 33.3 Å². The zero-order valence-corrected chi connectivity index (χ0v) is 11.9. The van der Waals surface area contributed by atoms with E-state index in [1.807, 2.05) is 18.7 Å². The third kappa shape index (κ3) is 2.69. The summed E-state index contributed by atoms with van der Waals surface area (Å²) in [6.07, 6.45) is 4.84. The maximum Gasteiger partial charge on any atom is 0.254 e. The predicted octanol–water partition coefficient (Wildman–Crippen LogP) is 1.40. The van der Waals surface area contributed by atoms with Gasteiger partial charge in [-0.05, 0) is 46.1 Å². The topological polar surface area (TPSA) is 41.6 Å². The SMILES string of the molecule is COC(C)(C)C(=O)N1CCCC2(CCCNC2)C1. The van der Waals surface area contributed by atoms with Crippen LogP contribution in [0.25, 0.3) is 0 Å². The van der Waals surface area contributed by atoms with E-state index in [-0.39, 0.29) is 5.91 Å². The second kappa shape index (κ2) is 5.17. The minimum absolute atomic E-state index is 0.134. The van der Waals surface area contributed by atoms with Gasteiger partial charge >= 0.3 is 0 Å². The Bertz CT molecular complexity index is 303. The van der Waals surface area contributed by atoms with E-state index in [9.17, 15) is 4.79 Å². The number of ether oxygens (including phenoxy) is 1. The molecule has 2 aliphatic heterocycles. The number of rotatable bonds is 2. The molecular weight excluding hydrogens is 228 g/mol. The lowest BCUT2D eigenvalue weighted by atomic mass is 9.74. The molecule has 0 aromatic carbocycles. The Morgan fingerprint density at radius 3 is 2.67 bits per heavy atom. The number of piperidine rings is 2. The highest BCUT2D eigenvalue weighted by Crippen LogP contribution is 2.36. The van der Waals surface area contributed by atoms with Crippen molar-refractivity contribution in [2.45, 2.75) is 45.1 Å². The standard InChI is InChI=1S/C14H26N2O2/c1-13(2,18-3)12(17)16-9-5-7-14(11-16)6-4-8-15-10-14/h15H,4-11H2,1-3H3. The first-order valence-electron chi connectivity index (χ1n) is 7.04. The van der Waals surface area contributed by atoms with E-state index in [2.05, 4.69) is 5.32 Å². The largest absolute Gasteiger partial charge is 0.369 e. The summed E-state index contributed by atoms with van der Waals surface area (Å²) in [6, 6.07) is 0. The summed E-state index contributed by atoms with van der Waals surface area (Å²) in [5, 5.41) is 3.49. The van der Waals surface area contributed by atoms with Crippen molar-refractivity contribution in [2.24, 2.45) is 5.41 Å². The van der Waals surface area contributed by atoms with Gasteiger partial charge in [0.2, 0.25) is 0 Å². The molecule has 4 nitrogen and oxygen atoms in total. The maximum absolute atomic E-state index is 12.5. The first-order valence-corrected chi connectivity index (χ1v) is 7.04. The van der Waals surface area contributed by atoms with Crippen LogP contribution in [0.15, 0.2) is 0 Å². The Kier molecular flexibility index (Phi) is 3.97. The van der Waals surface area contributed by atoms with E-state index in [0.717, 1.165) is 32.6 Å². The van der Waals surface area contributed by atoms with Crippen molar-refractivity contribution in [3.8, 4) is 0 Å². The summed E-state index contributed by atoms with van der Waals surface area (Å²) in [5.41, 5.74) is -0.378. The molecule has 2 fully saturated rings. The van der Waals surface area contributed by atoms with Crippen LogP contribution in [-0.4, -0.2) is 49.7 Å². The minimum atomic E-state index is -0.694. The molecule has 1 amide bonds. The monoisotopic (exact) mass is 254 g/mol. The molecule has 104 valence electrons. The second-order valence-corrected chi connectivity index (χ2v) is 6.33. The summed E-state index contributed by atoms with van der Waals surface area (Å²) in [4.78, 5) is 14.5. The number of nitrogens with one attached hydrogen (secondary N) is 1. The van der Waals surface area contributed by atoms with E-state index < -0.39 is 5.60 Å². The van der Waals surface area contributed by atoms with E-state index >= 15 is 0 Å². The first-order chi connectivity index (χ1) is 8.49. The number of methoxy groups -OCH3 is 1. The van der Waals surface area contributed by atoms with Gasteiger partial charge in [0.15, 0.2) is 0 Å². The molecule has 2 saturated heterocycles. The molecule has 4 heteroatoms. The summed E-state index contributed by atoms with van der Waals surface area (Å²) in [6.45, 7) is 7.67. The third-order valence-corrected chi connectivity index (χ3v) is 4.53. The molecular formula is C14H26N2O2. The van der Waals surface area contributed by atoms with Gasteiger partial charge in [0.25, 0.3) is 5.91 Å². The number of amides is 1. The molecule has 0 aromatic rings. The average Bonchev–Trinajstić information content (AvgIpc) is 2.39. The Labute approximate surface area is 110 Å². The fraction of sp³-hybridized carbons (Fsp3) is 0.929. The van der Waals surface area contributed by atoms with Gasteiger partial charge in [-0.3, -0.25) is 4.79 Å². The average molecular weight is 254 g/mol. The molecule has 0 aromatic heterocycles. The van der Waals surface area contributed by atoms with Crippen molar-refractivity contribution in [1.82, 2.24) is 10.2 Å². The van der Waals surface area contributed by atoms with Gasteiger partial charge in [0.05, 0.1) is 0 Å². The van der Waals surface area contributed by atoms with Crippen molar-refractivity contribution >= 4 is 5.91 Å². The van der Waals surface area contributed by atoms with Gasteiger partial charge in [0.1, 0.15) is 5.60 Å². The lowest BCUT2D eigenvalue weighted by Crippen LogP contribution is -2.56. The third-order valence-electron chi connectivity index (χ3n) is 4.53. The predicted molar refractivity (Wildman–Crippen MR) is 71.4 cm³/mol. The molecule has 1 unspecified atom stereocenters. The van der Waals surface area contributed by atoms with Gasteiger partial charge in [-0.2, -0.15) is 0 Å². The Hall–Kier alpha value is -0.610. The van der Waals surface area contributed by atoms with E-state index in [4.69, 9.17) is 4.74 Å². The van der Waals surface area contributed by atoms with Crippen molar-refractivity contribution in [1.29, 1.82) is 0 Å². The molecule has 2 rings (SSSR count). The fourth-order valence-electron chi connectivity index (χ4n) is 3.23. The fourth-order valence-corrected chi connectivity index (χ4v) is 3.23. The van der Waals surface area contributed by atoms with Crippen molar-refractivity contribution in [3.05, 3.63) is 0 Å². The molecule has 0 bridgehead atoms. The van der Waals surface area contributed by atoms with Gasteiger partial charge in [-0.25, -0.2) is 0 Å². The number of carbonyl (C=O) groups is 1. The molecule has 0 saturated carbocycles. The van der Waals surface area contributed by atoms with E-state index in [0.29, 0.717) is 5.41 Å². The van der Waals surface area contributed by atoms with Crippen molar-refractivity contribution < 1.29 is 9.53 Å². The van der Waals surface area contributed by atoms with Gasteiger partial charge in [-0.15, -0.1) is 0 Å². The molecule has 0 aliphatic carbocycles. The van der Waals surface area contributed by atoms with Crippen molar-refractivity contribution in [3.63, 3.8) is 0 Å². The highest BCUT2D eigenvalue weighted by atomic mass is 16.5. The van der Waals surface area contributed by atoms with Crippen LogP contribution in [0.1, 0.15) is 39.5 Å². The maximum atomic E-state index is 12.5. The minimum Gasteiger partial charge on any atom is -0.369 e. The number of nitrogens with zero attached hydrogens (tertiary/aromatic N) is 1. The summed E-state index contributed by atoms with van der Waals surface area (Å²) in [7, 11) is 1.61. The van der Waals surface area contributed by atoms with Crippen LogP contribution in [-0.2, 0) is 9.53 Å². The highest BCUT2D eigenvalue weighted by molar-refractivity contribution is 5.84. The Morgan fingerprint density at radius 1 is 1.33 bits per heavy atom. The van der Waals surface area contributed by atoms with Crippen LogP contribution in [0.2, 0.25) is 0 Å². The molecule has 0 radical (unpaired) electrons. The van der Waals surface area contributed by atoms with Crippen LogP contribution >= 0.6 is 0 Å². The zero-order chi connectivity index (χ0) is 13.2. The number of carbonyl (C=O) groups excluding carboxylic acids is 1. The normalized spacial score (nSPS) is 29.6. The van der Waals surface area contributed by atoms with Gasteiger partial charge in [-0.1, -0.05) is 0 Å². The van der Waals surface area contributed by atoms with Crippen LogP contribution < -0.4 is 5.32 Å². The van der Waals surface area contributed by atoms with Crippen LogP contribution in [0.4, 0.5) is 0 Å². The van der Waals surface area contributed by atoms with E-state index in [1.165, 1.54) is 19.3 Å². The van der Waals surface area contributed by atoms with Crippen LogP contribution in [0.5, 0.6) is 0 Å². The molecule has 2 aliphatic rings. The van der Waals surface area contributed by atoms with Crippen LogP contribution in [0, 0.1) is 5.41 Å². The highest BCUT2D eigenvalue weighted by Gasteiger charge is 2.41. The zero-order valence-electron chi connectivity index (χ0n) is 11.9. The summed E-state index contributed by atoms with van der Waals surface area (Å²) in [5.74, 6) is 0.134. The summed E-state index contributed by atoms with van der Waals surface area (Å²) < 4.78 is 5.32. The second-order valence-electron chi connectivity index (χ2n) is 6.33. The molecule has 1 spiro atoms. The van der Waals surface area contributed by atoms with E-state index in [1.54, 1.807) is 7.11 Å². The first kappa shape index (κ1) is 13.8. The number of likely N-dealkylation sites (tertiary alicyclic amines) is 1. The van der Waals surface area contributed by atoms with Gasteiger partial charge < -0.3 is 15.0 Å². The lowest BCUT2D eigenvalue weighted by molar-refractivity contribution is -0.155.